The fourth-order valence-corrected chi connectivity index (χ4v) is 2.28. The first-order chi connectivity index (χ1) is 6.07. The fraction of sp³-hybridized carbons (Fsp3) is 0.727. The van der Waals surface area contributed by atoms with Gasteiger partial charge in [0.2, 0.25) is 5.91 Å². The highest BCUT2D eigenvalue weighted by molar-refractivity contribution is 5.87. The summed E-state index contributed by atoms with van der Waals surface area (Å²) >= 11 is 0. The molecule has 0 saturated carbocycles. The van der Waals surface area contributed by atoms with Crippen molar-refractivity contribution in [3.05, 3.63) is 12.7 Å². The van der Waals surface area contributed by atoms with Crippen LogP contribution in [0.2, 0.25) is 0 Å². The Balaban J connectivity index is 2.64. The summed E-state index contributed by atoms with van der Waals surface area (Å²) in [5, 5.41) is 0. The van der Waals surface area contributed by atoms with Crippen molar-refractivity contribution in [2.75, 3.05) is 6.54 Å². The van der Waals surface area contributed by atoms with Gasteiger partial charge in [-0.05, 0) is 31.3 Å². The second kappa shape index (κ2) is 3.95. The van der Waals surface area contributed by atoms with Gasteiger partial charge in [0.05, 0.1) is 0 Å². The van der Waals surface area contributed by atoms with Gasteiger partial charge in [0.1, 0.15) is 0 Å². The Bertz CT molecular complexity index is 210. The molecule has 0 aliphatic carbocycles. The molecule has 0 bridgehead atoms. The third kappa shape index (κ3) is 1.93. The Morgan fingerprint density at radius 2 is 2.23 bits per heavy atom. The van der Waals surface area contributed by atoms with Gasteiger partial charge in [-0.1, -0.05) is 20.4 Å². The molecule has 0 aromatic rings. The maximum Gasteiger partial charge on any atom is 0.246 e. The lowest BCUT2D eigenvalue weighted by atomic mass is 9.90. The maximum absolute atomic E-state index is 11.4. The average Bonchev–Trinajstić information content (AvgIpc) is 2.46. The van der Waals surface area contributed by atoms with Crippen LogP contribution in [0.5, 0.6) is 0 Å². The van der Waals surface area contributed by atoms with E-state index < -0.39 is 0 Å². The third-order valence-corrected chi connectivity index (χ3v) is 3.13. The molecule has 2 atom stereocenters. The first-order valence-electron chi connectivity index (χ1n) is 5.01. The number of hydrogen-bond donors (Lipinski definition) is 0. The number of carbonyl (C=O) groups excluding carboxylic acids is 1. The molecule has 1 fully saturated rings. The van der Waals surface area contributed by atoms with Crippen LogP contribution >= 0.6 is 0 Å². The lowest BCUT2D eigenvalue weighted by Gasteiger charge is -2.25. The van der Waals surface area contributed by atoms with Crippen LogP contribution in [0.3, 0.4) is 0 Å². The van der Waals surface area contributed by atoms with Crippen molar-refractivity contribution in [3.63, 3.8) is 0 Å². The fourth-order valence-electron chi connectivity index (χ4n) is 2.28. The Morgan fingerprint density at radius 3 is 2.62 bits per heavy atom. The van der Waals surface area contributed by atoms with Gasteiger partial charge in [-0.3, -0.25) is 4.79 Å². The SMILES string of the molecule is C=CC(=O)N1CCC(C(C)C)C1C. The first kappa shape index (κ1) is 10.3. The minimum Gasteiger partial charge on any atom is -0.336 e. The van der Waals surface area contributed by atoms with E-state index in [0.29, 0.717) is 17.9 Å². The second-order valence-electron chi connectivity index (χ2n) is 4.17. The van der Waals surface area contributed by atoms with Crippen LogP contribution in [0.25, 0.3) is 0 Å². The zero-order valence-corrected chi connectivity index (χ0v) is 8.79. The molecule has 74 valence electrons. The van der Waals surface area contributed by atoms with Crippen molar-refractivity contribution in [3.8, 4) is 0 Å². The van der Waals surface area contributed by atoms with Crippen molar-refractivity contribution in [1.82, 2.24) is 4.90 Å². The first-order valence-corrected chi connectivity index (χ1v) is 5.01. The van der Waals surface area contributed by atoms with Gasteiger partial charge in [0.15, 0.2) is 0 Å². The predicted octanol–water partition coefficient (Wildman–Crippen LogP) is 2.07. The minimum atomic E-state index is 0.0793. The number of likely N-dealkylation sites (tertiary alicyclic amines) is 1. The number of carbonyl (C=O) groups is 1. The highest BCUT2D eigenvalue weighted by Crippen LogP contribution is 2.30. The van der Waals surface area contributed by atoms with Gasteiger partial charge in [-0.15, -0.1) is 0 Å². The summed E-state index contributed by atoms with van der Waals surface area (Å²) in [6.07, 6.45) is 2.55. The van der Waals surface area contributed by atoms with Crippen LogP contribution in [0, 0.1) is 11.8 Å². The van der Waals surface area contributed by atoms with Gasteiger partial charge in [0, 0.05) is 12.6 Å². The van der Waals surface area contributed by atoms with Gasteiger partial charge in [-0.25, -0.2) is 0 Å². The molecule has 0 aromatic heterocycles. The molecule has 2 nitrogen and oxygen atoms in total. The molecule has 1 aliphatic heterocycles. The summed E-state index contributed by atoms with van der Waals surface area (Å²) in [6.45, 7) is 11.0. The monoisotopic (exact) mass is 181 g/mol. The molecule has 1 saturated heterocycles. The lowest BCUT2D eigenvalue weighted by molar-refractivity contribution is -0.126. The number of amides is 1. The van der Waals surface area contributed by atoms with Crippen molar-refractivity contribution < 1.29 is 4.79 Å². The normalized spacial score (nSPS) is 28.2. The zero-order valence-electron chi connectivity index (χ0n) is 8.79. The molecule has 1 rings (SSSR count). The van der Waals surface area contributed by atoms with Crippen molar-refractivity contribution in [2.45, 2.75) is 33.2 Å². The van der Waals surface area contributed by atoms with Gasteiger partial charge >= 0.3 is 0 Å². The highest BCUT2D eigenvalue weighted by Gasteiger charge is 2.34. The number of rotatable bonds is 2. The standard InChI is InChI=1S/C11H19NO/c1-5-11(13)12-7-6-10(8(2)3)9(12)4/h5,8-10H,1,6-7H2,2-4H3. The van der Waals surface area contributed by atoms with E-state index in [1.54, 1.807) is 0 Å². The Hall–Kier alpha value is -0.790. The Kier molecular flexibility index (Phi) is 3.12. The van der Waals surface area contributed by atoms with E-state index >= 15 is 0 Å². The minimum absolute atomic E-state index is 0.0793. The molecule has 0 radical (unpaired) electrons. The molecular weight excluding hydrogens is 162 g/mol. The van der Waals surface area contributed by atoms with E-state index in [1.165, 1.54) is 6.08 Å². The molecule has 2 unspecified atom stereocenters. The summed E-state index contributed by atoms with van der Waals surface area (Å²) in [6, 6.07) is 0.380. The van der Waals surface area contributed by atoms with Crippen LogP contribution in [0.1, 0.15) is 27.2 Å². The van der Waals surface area contributed by atoms with E-state index in [2.05, 4.69) is 27.4 Å². The van der Waals surface area contributed by atoms with Crippen LogP contribution in [-0.4, -0.2) is 23.4 Å². The van der Waals surface area contributed by atoms with E-state index in [4.69, 9.17) is 0 Å². The van der Waals surface area contributed by atoms with Crippen LogP contribution in [0.15, 0.2) is 12.7 Å². The molecule has 1 amide bonds. The van der Waals surface area contributed by atoms with Gasteiger partial charge in [-0.2, -0.15) is 0 Å². The highest BCUT2D eigenvalue weighted by atomic mass is 16.2. The zero-order chi connectivity index (χ0) is 10.0. The van der Waals surface area contributed by atoms with Crippen LogP contribution in [0.4, 0.5) is 0 Å². The third-order valence-electron chi connectivity index (χ3n) is 3.13. The van der Waals surface area contributed by atoms with Crippen molar-refractivity contribution >= 4 is 5.91 Å². The Labute approximate surface area is 80.6 Å². The maximum atomic E-state index is 11.4. The predicted molar refractivity (Wildman–Crippen MR) is 54.3 cm³/mol. The summed E-state index contributed by atoms with van der Waals surface area (Å²) in [5.74, 6) is 1.40. The smallest absolute Gasteiger partial charge is 0.246 e. The lowest BCUT2D eigenvalue weighted by Crippen LogP contribution is -2.35. The van der Waals surface area contributed by atoms with Gasteiger partial charge in [0.25, 0.3) is 0 Å². The van der Waals surface area contributed by atoms with Crippen LogP contribution in [-0.2, 0) is 4.79 Å². The van der Waals surface area contributed by atoms with Gasteiger partial charge < -0.3 is 4.90 Å². The molecular formula is C11H19NO. The van der Waals surface area contributed by atoms with E-state index in [-0.39, 0.29) is 5.91 Å². The molecule has 0 aromatic carbocycles. The Morgan fingerprint density at radius 1 is 1.62 bits per heavy atom. The van der Waals surface area contributed by atoms with E-state index in [1.807, 2.05) is 4.90 Å². The second-order valence-corrected chi connectivity index (χ2v) is 4.17. The van der Waals surface area contributed by atoms with Crippen LogP contribution < -0.4 is 0 Å². The summed E-state index contributed by atoms with van der Waals surface area (Å²) in [5.41, 5.74) is 0. The molecule has 13 heavy (non-hydrogen) atoms. The summed E-state index contributed by atoms with van der Waals surface area (Å²) < 4.78 is 0. The number of hydrogen-bond acceptors (Lipinski definition) is 1. The molecule has 0 N–H and O–H groups in total. The summed E-state index contributed by atoms with van der Waals surface area (Å²) in [7, 11) is 0. The largest absolute Gasteiger partial charge is 0.336 e. The van der Waals surface area contributed by atoms with Crippen molar-refractivity contribution in [2.24, 2.45) is 11.8 Å². The molecule has 1 aliphatic rings. The molecule has 0 spiro atoms. The number of nitrogens with zero attached hydrogens (tertiary/aromatic N) is 1. The van der Waals surface area contributed by atoms with Crippen molar-refractivity contribution in [1.29, 1.82) is 0 Å². The topological polar surface area (TPSA) is 20.3 Å². The quantitative estimate of drug-likeness (QED) is 0.597. The molecule has 2 heteroatoms. The van der Waals surface area contributed by atoms with E-state index in [9.17, 15) is 4.79 Å². The molecule has 1 heterocycles. The van der Waals surface area contributed by atoms with E-state index in [0.717, 1.165) is 13.0 Å². The average molecular weight is 181 g/mol. The summed E-state index contributed by atoms with van der Waals surface area (Å²) in [4.78, 5) is 13.3.